The third-order valence-corrected chi connectivity index (χ3v) is 6.56. The second-order valence-corrected chi connectivity index (χ2v) is 9.68. The molecule has 0 atom stereocenters. The Balaban J connectivity index is 1.32. The quantitative estimate of drug-likeness (QED) is 0.235. The van der Waals surface area contributed by atoms with Gasteiger partial charge in [-0.15, -0.1) is 0 Å². The number of rotatable bonds is 8. The number of hydrogen-bond acceptors (Lipinski definition) is 4. The van der Waals surface area contributed by atoms with Crippen LogP contribution in [-0.4, -0.2) is 36.7 Å². The number of fused-ring (bicyclic) bond motifs is 2. The smallest absolute Gasteiger partial charge is 0.209 e. The van der Waals surface area contributed by atoms with E-state index in [1.807, 2.05) is 72.9 Å². The lowest BCUT2D eigenvalue weighted by atomic mass is 9.74. The Morgan fingerprint density at radius 1 is 0.853 bits per heavy atom. The number of hydrogen-bond donors (Lipinski definition) is 0. The maximum absolute atomic E-state index is 6.44. The summed E-state index contributed by atoms with van der Waals surface area (Å²) in [5, 5.41) is 0. The van der Waals surface area contributed by atoms with Crippen LogP contribution in [-0.2, 0) is 12.0 Å². The first-order valence-electron chi connectivity index (χ1n) is 11.8. The number of para-hydroxylation sites is 3. The van der Waals surface area contributed by atoms with Gasteiger partial charge in [0.1, 0.15) is 29.2 Å². The summed E-state index contributed by atoms with van der Waals surface area (Å²) in [7, 11) is 4.43. The summed E-state index contributed by atoms with van der Waals surface area (Å²) in [4.78, 5) is 4.77. The third-order valence-electron chi connectivity index (χ3n) is 6.56. The molecule has 1 aromatic heterocycles. The van der Waals surface area contributed by atoms with Gasteiger partial charge in [-0.2, -0.15) is 0 Å². The minimum Gasteiger partial charge on any atom is -0.493 e. The number of nitrogens with zero attached hydrogens (tertiary/aromatic N) is 2. The van der Waals surface area contributed by atoms with Crippen molar-refractivity contribution in [1.29, 1.82) is 0 Å². The highest BCUT2D eigenvalue weighted by atomic mass is 16.5. The Kier molecular flexibility index (Phi) is 5.88. The molecule has 0 unspecified atom stereocenters. The van der Waals surface area contributed by atoms with Crippen molar-refractivity contribution < 1.29 is 18.4 Å². The largest absolute Gasteiger partial charge is 0.493 e. The molecule has 5 heteroatoms. The predicted molar refractivity (Wildman–Crippen MR) is 132 cm³/mol. The Hall–Kier alpha value is -3.57. The van der Waals surface area contributed by atoms with Gasteiger partial charge in [-0.3, -0.25) is 0 Å². The summed E-state index contributed by atoms with van der Waals surface area (Å²) >= 11 is 0. The number of oxazole rings is 1. The Labute approximate surface area is 201 Å². The SMILES string of the molecule is CC1(c2ncc(C[N+](C)(C)CCCOc3ccccc3)o2)c2ccccc2Oc2ccccc21. The monoisotopic (exact) mass is 455 g/mol. The number of quaternary nitrogens is 1. The highest BCUT2D eigenvalue weighted by Crippen LogP contribution is 2.50. The summed E-state index contributed by atoms with van der Waals surface area (Å²) in [6, 6.07) is 26.2. The zero-order valence-electron chi connectivity index (χ0n) is 20.0. The van der Waals surface area contributed by atoms with Gasteiger partial charge in [-0.1, -0.05) is 54.6 Å². The molecule has 0 N–H and O–H groups in total. The lowest BCUT2D eigenvalue weighted by Gasteiger charge is -2.35. The molecule has 0 amide bonds. The molecule has 1 aliphatic heterocycles. The van der Waals surface area contributed by atoms with Gasteiger partial charge in [-0.25, -0.2) is 4.98 Å². The maximum Gasteiger partial charge on any atom is 0.209 e. The van der Waals surface area contributed by atoms with Crippen LogP contribution in [0, 0.1) is 0 Å². The molecule has 2 heterocycles. The summed E-state index contributed by atoms with van der Waals surface area (Å²) in [5.41, 5.74) is 1.60. The summed E-state index contributed by atoms with van der Waals surface area (Å²) in [6.07, 6.45) is 2.83. The van der Waals surface area contributed by atoms with Gasteiger partial charge in [0, 0.05) is 17.5 Å². The van der Waals surface area contributed by atoms with E-state index in [4.69, 9.17) is 18.9 Å². The van der Waals surface area contributed by atoms with Gasteiger partial charge in [-0.05, 0) is 31.2 Å². The van der Waals surface area contributed by atoms with Crippen LogP contribution in [0.1, 0.15) is 36.1 Å². The average Bonchev–Trinajstić information content (AvgIpc) is 3.31. The van der Waals surface area contributed by atoms with Crippen molar-refractivity contribution >= 4 is 0 Å². The normalized spacial score (nSPS) is 14.1. The molecule has 0 saturated carbocycles. The highest BCUT2D eigenvalue weighted by molar-refractivity contribution is 5.60. The van der Waals surface area contributed by atoms with E-state index in [2.05, 4.69) is 33.2 Å². The van der Waals surface area contributed by atoms with Crippen molar-refractivity contribution in [3.8, 4) is 17.2 Å². The summed E-state index contributed by atoms with van der Waals surface area (Å²) in [5.74, 6) is 4.18. The second-order valence-electron chi connectivity index (χ2n) is 9.68. The number of aromatic nitrogens is 1. The fourth-order valence-corrected chi connectivity index (χ4v) is 4.74. The van der Waals surface area contributed by atoms with E-state index in [9.17, 15) is 0 Å². The van der Waals surface area contributed by atoms with E-state index in [0.29, 0.717) is 12.5 Å². The number of benzene rings is 3. The Morgan fingerprint density at radius 3 is 2.15 bits per heavy atom. The van der Waals surface area contributed by atoms with E-state index < -0.39 is 5.41 Å². The fourth-order valence-electron chi connectivity index (χ4n) is 4.74. The molecule has 34 heavy (non-hydrogen) atoms. The van der Waals surface area contributed by atoms with Crippen molar-refractivity contribution in [2.24, 2.45) is 0 Å². The fraction of sp³-hybridized carbons (Fsp3) is 0.276. The van der Waals surface area contributed by atoms with Gasteiger partial charge < -0.3 is 18.4 Å². The molecule has 0 spiro atoms. The molecule has 0 fully saturated rings. The Bertz CT molecular complexity index is 1220. The van der Waals surface area contributed by atoms with Crippen molar-refractivity contribution in [1.82, 2.24) is 4.98 Å². The van der Waals surface area contributed by atoms with Gasteiger partial charge in [0.25, 0.3) is 0 Å². The zero-order chi connectivity index (χ0) is 23.6. The molecular formula is C29H31N2O3+. The van der Waals surface area contributed by atoms with Gasteiger partial charge in [0.15, 0.2) is 5.76 Å². The molecule has 1 aliphatic rings. The van der Waals surface area contributed by atoms with Crippen LogP contribution in [0.3, 0.4) is 0 Å². The lowest BCUT2D eigenvalue weighted by molar-refractivity contribution is -0.904. The molecule has 0 aliphatic carbocycles. The van der Waals surface area contributed by atoms with Crippen molar-refractivity contribution in [3.63, 3.8) is 0 Å². The first-order chi connectivity index (χ1) is 16.5. The topological polar surface area (TPSA) is 44.5 Å². The summed E-state index contributed by atoms with van der Waals surface area (Å²) in [6.45, 7) is 4.59. The summed E-state index contributed by atoms with van der Waals surface area (Å²) < 4.78 is 19.3. The van der Waals surface area contributed by atoms with Gasteiger partial charge in [0.05, 0.1) is 33.4 Å². The standard InChI is InChI=1S/C29H31N2O3/c1-29(24-14-7-9-16-26(24)34-27-17-10-8-15-25(27)29)28-30-20-23(33-28)21-31(2,3)18-11-19-32-22-12-5-4-6-13-22/h4-10,12-17,20H,11,18-19,21H2,1-3H3/q+1. The van der Waals surface area contributed by atoms with Crippen LogP contribution in [0.5, 0.6) is 17.2 Å². The average molecular weight is 456 g/mol. The number of ether oxygens (including phenoxy) is 2. The molecule has 5 rings (SSSR count). The third kappa shape index (κ3) is 4.31. The van der Waals surface area contributed by atoms with Crippen molar-refractivity contribution in [3.05, 3.63) is 108 Å². The highest BCUT2D eigenvalue weighted by Gasteiger charge is 2.43. The molecule has 5 nitrogen and oxygen atoms in total. The van der Waals surface area contributed by atoms with Crippen LogP contribution in [0.4, 0.5) is 0 Å². The minimum absolute atomic E-state index is 0.523. The zero-order valence-corrected chi connectivity index (χ0v) is 20.0. The molecule has 0 radical (unpaired) electrons. The first-order valence-corrected chi connectivity index (χ1v) is 11.8. The molecular weight excluding hydrogens is 424 g/mol. The van der Waals surface area contributed by atoms with Gasteiger partial charge >= 0.3 is 0 Å². The van der Waals surface area contributed by atoms with Gasteiger partial charge in [0.2, 0.25) is 5.89 Å². The van der Waals surface area contributed by atoms with E-state index in [0.717, 1.165) is 58.1 Å². The van der Waals surface area contributed by atoms with E-state index in [1.54, 1.807) is 0 Å². The molecule has 0 bridgehead atoms. The molecule has 3 aromatic carbocycles. The lowest BCUT2D eigenvalue weighted by Crippen LogP contribution is -2.40. The molecule has 174 valence electrons. The predicted octanol–water partition coefficient (Wildman–Crippen LogP) is 6.18. The van der Waals surface area contributed by atoms with E-state index in [-0.39, 0.29) is 0 Å². The molecule has 4 aromatic rings. The van der Waals surface area contributed by atoms with Crippen molar-refractivity contribution in [2.75, 3.05) is 27.2 Å². The minimum atomic E-state index is -0.523. The molecule has 0 saturated heterocycles. The second kappa shape index (κ2) is 8.99. The van der Waals surface area contributed by atoms with Crippen LogP contribution >= 0.6 is 0 Å². The van der Waals surface area contributed by atoms with Crippen LogP contribution in [0.25, 0.3) is 0 Å². The van der Waals surface area contributed by atoms with E-state index >= 15 is 0 Å². The Morgan fingerprint density at radius 2 is 1.47 bits per heavy atom. The van der Waals surface area contributed by atoms with Crippen LogP contribution < -0.4 is 9.47 Å². The first kappa shape index (κ1) is 22.2. The van der Waals surface area contributed by atoms with Crippen LogP contribution in [0.15, 0.2) is 89.5 Å². The van der Waals surface area contributed by atoms with Crippen LogP contribution in [0.2, 0.25) is 0 Å². The van der Waals surface area contributed by atoms with Crippen molar-refractivity contribution in [2.45, 2.75) is 25.3 Å². The maximum atomic E-state index is 6.44. The van der Waals surface area contributed by atoms with E-state index in [1.165, 1.54) is 0 Å².